The fraction of sp³-hybridized carbons (Fsp3) is 0.360. The molecule has 1 fully saturated rings. The summed E-state index contributed by atoms with van der Waals surface area (Å²) in [7, 11) is 0. The summed E-state index contributed by atoms with van der Waals surface area (Å²) in [6.45, 7) is 7.24. The molecule has 1 saturated heterocycles. The predicted octanol–water partition coefficient (Wildman–Crippen LogP) is 4.11. The Balaban J connectivity index is 1.18. The van der Waals surface area contributed by atoms with Gasteiger partial charge < -0.3 is 10.2 Å². The Bertz CT molecular complexity index is 1460. The second kappa shape index (κ2) is 9.94. The molecular formula is C25H26ClN7O2S. The Hall–Kier alpha value is -3.37. The molecule has 0 bridgehead atoms. The molecule has 3 aromatic heterocycles. The molecule has 0 spiro atoms. The van der Waals surface area contributed by atoms with E-state index in [1.54, 1.807) is 9.90 Å². The van der Waals surface area contributed by atoms with E-state index in [1.807, 2.05) is 49.9 Å². The van der Waals surface area contributed by atoms with Crippen LogP contribution in [-0.2, 0) is 6.54 Å². The Labute approximate surface area is 217 Å². The Morgan fingerprint density at radius 2 is 1.92 bits per heavy atom. The van der Waals surface area contributed by atoms with Gasteiger partial charge in [-0.1, -0.05) is 23.7 Å². The number of aryl methyl sites for hydroxylation is 3. The second-order valence-corrected chi connectivity index (χ2v) is 10.4. The first-order chi connectivity index (χ1) is 17.3. The van der Waals surface area contributed by atoms with E-state index in [0.717, 1.165) is 34.7 Å². The van der Waals surface area contributed by atoms with Crippen LogP contribution in [0.15, 0.2) is 29.6 Å². The number of nitrogens with zero attached hydrogens (tertiary/aromatic N) is 6. The first-order valence-electron chi connectivity index (χ1n) is 11.8. The van der Waals surface area contributed by atoms with Crippen LogP contribution in [0.25, 0.3) is 5.65 Å². The number of halogens is 1. The van der Waals surface area contributed by atoms with Gasteiger partial charge in [0.1, 0.15) is 5.69 Å². The minimum absolute atomic E-state index is 0.135. The lowest BCUT2D eigenvalue weighted by Gasteiger charge is -2.31. The molecule has 36 heavy (non-hydrogen) atoms. The summed E-state index contributed by atoms with van der Waals surface area (Å²) in [6, 6.07) is 7.58. The van der Waals surface area contributed by atoms with Crippen LogP contribution in [0.1, 0.15) is 67.3 Å². The Morgan fingerprint density at radius 3 is 2.67 bits per heavy atom. The number of benzene rings is 1. The molecule has 0 atom stereocenters. The number of thiazole rings is 1. The molecule has 1 aliphatic rings. The lowest BCUT2D eigenvalue weighted by atomic mass is 9.97. The van der Waals surface area contributed by atoms with Crippen molar-refractivity contribution in [1.82, 2.24) is 35.0 Å². The van der Waals surface area contributed by atoms with Crippen LogP contribution in [0.2, 0.25) is 5.02 Å². The number of aromatic nitrogens is 5. The Kier molecular flexibility index (Phi) is 6.72. The summed E-state index contributed by atoms with van der Waals surface area (Å²) >= 11 is 7.67. The van der Waals surface area contributed by atoms with Crippen molar-refractivity contribution in [3.63, 3.8) is 0 Å². The molecule has 186 valence electrons. The molecule has 1 N–H and O–H groups in total. The highest BCUT2D eigenvalue weighted by Crippen LogP contribution is 2.31. The molecule has 11 heteroatoms. The van der Waals surface area contributed by atoms with Crippen LogP contribution in [0.3, 0.4) is 0 Å². The zero-order valence-corrected chi connectivity index (χ0v) is 21.9. The number of likely N-dealkylation sites (tertiary alicyclic amines) is 1. The number of hydrogen-bond acceptors (Lipinski definition) is 7. The SMILES string of the molecule is Cc1cc2nnc(C(=O)N3CCC(c4nc(C(=O)NCc5ccc(C)c(Cl)c5)cs4)CC3)c(C)n2n1. The first-order valence-corrected chi connectivity index (χ1v) is 13.0. The lowest BCUT2D eigenvalue weighted by molar-refractivity contribution is 0.0704. The third-order valence-corrected chi connectivity index (χ3v) is 7.92. The molecule has 0 unspecified atom stereocenters. The number of piperidine rings is 1. The number of amides is 2. The van der Waals surface area contributed by atoms with E-state index in [1.165, 1.54) is 11.3 Å². The maximum absolute atomic E-state index is 13.1. The number of carbonyl (C=O) groups excluding carboxylic acids is 2. The van der Waals surface area contributed by atoms with Crippen molar-refractivity contribution in [2.24, 2.45) is 0 Å². The normalized spacial score (nSPS) is 14.4. The molecule has 9 nitrogen and oxygen atoms in total. The van der Waals surface area contributed by atoms with Gasteiger partial charge in [-0.05, 0) is 50.8 Å². The zero-order valence-electron chi connectivity index (χ0n) is 20.3. The number of hydrogen-bond donors (Lipinski definition) is 1. The third kappa shape index (κ3) is 4.83. The molecule has 5 rings (SSSR count). The van der Waals surface area contributed by atoms with Gasteiger partial charge in [0.15, 0.2) is 11.3 Å². The van der Waals surface area contributed by atoms with Crippen molar-refractivity contribution >= 4 is 40.4 Å². The van der Waals surface area contributed by atoms with Gasteiger partial charge in [0.2, 0.25) is 0 Å². The van der Waals surface area contributed by atoms with Gasteiger partial charge in [0.25, 0.3) is 11.8 Å². The summed E-state index contributed by atoms with van der Waals surface area (Å²) in [5, 5.41) is 19.1. The smallest absolute Gasteiger partial charge is 0.276 e. The molecule has 0 radical (unpaired) electrons. The van der Waals surface area contributed by atoms with Crippen molar-refractivity contribution < 1.29 is 9.59 Å². The Morgan fingerprint density at radius 1 is 1.14 bits per heavy atom. The van der Waals surface area contributed by atoms with E-state index >= 15 is 0 Å². The highest BCUT2D eigenvalue weighted by atomic mass is 35.5. The van der Waals surface area contributed by atoms with Crippen LogP contribution >= 0.6 is 22.9 Å². The van der Waals surface area contributed by atoms with Crippen molar-refractivity contribution in [3.05, 3.63) is 73.6 Å². The van der Waals surface area contributed by atoms with Crippen LogP contribution in [0, 0.1) is 20.8 Å². The summed E-state index contributed by atoms with van der Waals surface area (Å²) < 4.78 is 1.66. The zero-order chi connectivity index (χ0) is 25.4. The lowest BCUT2D eigenvalue weighted by Crippen LogP contribution is -2.39. The van der Waals surface area contributed by atoms with Gasteiger partial charge in [0, 0.05) is 42.0 Å². The topological polar surface area (TPSA) is 105 Å². The fourth-order valence-corrected chi connectivity index (χ4v) is 5.53. The van der Waals surface area contributed by atoms with Gasteiger partial charge in [-0.3, -0.25) is 9.59 Å². The van der Waals surface area contributed by atoms with Crippen molar-refractivity contribution in [2.75, 3.05) is 13.1 Å². The second-order valence-electron chi connectivity index (χ2n) is 9.09. The summed E-state index contributed by atoms with van der Waals surface area (Å²) in [5.74, 6) is -0.135. The van der Waals surface area contributed by atoms with Gasteiger partial charge in [-0.15, -0.1) is 21.5 Å². The summed E-state index contributed by atoms with van der Waals surface area (Å²) in [5.41, 5.74) is 4.82. The maximum atomic E-state index is 13.1. The van der Waals surface area contributed by atoms with E-state index in [2.05, 4.69) is 25.6 Å². The quantitative estimate of drug-likeness (QED) is 0.422. The van der Waals surface area contributed by atoms with E-state index in [4.69, 9.17) is 11.6 Å². The third-order valence-electron chi connectivity index (χ3n) is 6.50. The standard InChI is InChI=1S/C25H26ClN7O2S/c1-14-4-5-17(11-19(14)26)12-27-23(34)20-13-36-24(28-20)18-6-8-32(9-7-18)25(35)22-16(3)33-21(29-30-22)10-15(2)31-33/h4-5,10-11,13,18H,6-9,12H2,1-3H3,(H,27,34). The minimum atomic E-state index is -0.208. The molecule has 0 aliphatic carbocycles. The number of nitrogens with one attached hydrogen (secondary N) is 1. The number of fused-ring (bicyclic) bond motifs is 1. The predicted molar refractivity (Wildman–Crippen MR) is 138 cm³/mol. The van der Waals surface area contributed by atoms with Crippen molar-refractivity contribution in [2.45, 2.75) is 46.1 Å². The van der Waals surface area contributed by atoms with Crippen molar-refractivity contribution in [1.29, 1.82) is 0 Å². The van der Waals surface area contributed by atoms with E-state index < -0.39 is 0 Å². The molecular weight excluding hydrogens is 498 g/mol. The van der Waals surface area contributed by atoms with Crippen LogP contribution in [0.5, 0.6) is 0 Å². The highest BCUT2D eigenvalue weighted by molar-refractivity contribution is 7.09. The van der Waals surface area contributed by atoms with Crippen LogP contribution in [-0.4, -0.2) is 54.6 Å². The first kappa shape index (κ1) is 24.3. The molecule has 1 aromatic carbocycles. The van der Waals surface area contributed by atoms with Gasteiger partial charge in [0.05, 0.1) is 16.4 Å². The molecule has 1 aliphatic heterocycles. The van der Waals surface area contributed by atoms with Crippen LogP contribution < -0.4 is 5.32 Å². The molecule has 0 saturated carbocycles. The average molecular weight is 524 g/mol. The fourth-order valence-electron chi connectivity index (χ4n) is 4.35. The van der Waals surface area contributed by atoms with Crippen molar-refractivity contribution in [3.8, 4) is 0 Å². The van der Waals surface area contributed by atoms with Gasteiger partial charge >= 0.3 is 0 Å². The van der Waals surface area contributed by atoms with Gasteiger partial charge in [-0.25, -0.2) is 9.50 Å². The maximum Gasteiger partial charge on any atom is 0.276 e. The molecule has 4 aromatic rings. The average Bonchev–Trinajstić information content (AvgIpc) is 3.52. The minimum Gasteiger partial charge on any atom is -0.347 e. The summed E-state index contributed by atoms with van der Waals surface area (Å²) in [6.07, 6.45) is 1.55. The summed E-state index contributed by atoms with van der Waals surface area (Å²) in [4.78, 5) is 32.2. The largest absolute Gasteiger partial charge is 0.347 e. The monoisotopic (exact) mass is 523 g/mol. The van der Waals surface area contributed by atoms with E-state index in [0.29, 0.717) is 47.4 Å². The number of carbonyl (C=O) groups is 2. The number of rotatable bonds is 5. The van der Waals surface area contributed by atoms with E-state index in [-0.39, 0.29) is 17.7 Å². The van der Waals surface area contributed by atoms with Crippen LogP contribution in [0.4, 0.5) is 0 Å². The molecule has 2 amide bonds. The van der Waals surface area contributed by atoms with Gasteiger partial charge in [-0.2, -0.15) is 5.10 Å². The molecule has 4 heterocycles. The van der Waals surface area contributed by atoms with E-state index in [9.17, 15) is 9.59 Å². The highest BCUT2D eigenvalue weighted by Gasteiger charge is 2.29.